The van der Waals surface area contributed by atoms with Crippen LogP contribution < -0.4 is 10.6 Å². The molecular formula is C16H22BrN3. The van der Waals surface area contributed by atoms with Crippen LogP contribution in [-0.2, 0) is 0 Å². The second-order valence-corrected chi connectivity index (χ2v) is 6.78. The molecule has 0 bridgehead atoms. The standard InChI is InChI=1S/C16H22BrN3/c17-13-7-9-14(10-8-13)20-15(11-19-16(20)18)12-5-3-1-2-4-6-12/h7-10,12,15H,1-6,11H2,(H2,18,19). The second-order valence-electron chi connectivity index (χ2n) is 5.86. The van der Waals surface area contributed by atoms with Crippen LogP contribution >= 0.6 is 15.9 Å². The maximum absolute atomic E-state index is 6.15. The number of nitrogens with two attached hydrogens (primary N) is 1. The summed E-state index contributed by atoms with van der Waals surface area (Å²) in [6.07, 6.45) is 8.13. The van der Waals surface area contributed by atoms with Crippen LogP contribution in [0.3, 0.4) is 0 Å². The molecule has 1 fully saturated rings. The lowest BCUT2D eigenvalue weighted by Crippen LogP contribution is -2.44. The summed E-state index contributed by atoms with van der Waals surface area (Å²) in [5.74, 6) is 1.41. The fourth-order valence-corrected chi connectivity index (χ4v) is 3.76. The van der Waals surface area contributed by atoms with Crippen LogP contribution in [0.1, 0.15) is 38.5 Å². The van der Waals surface area contributed by atoms with Crippen LogP contribution in [0.2, 0.25) is 0 Å². The van der Waals surface area contributed by atoms with E-state index in [-0.39, 0.29) is 0 Å². The van der Waals surface area contributed by atoms with E-state index in [1.165, 1.54) is 44.2 Å². The summed E-state index contributed by atoms with van der Waals surface area (Å²) in [7, 11) is 0. The van der Waals surface area contributed by atoms with Crippen molar-refractivity contribution >= 4 is 27.6 Å². The highest BCUT2D eigenvalue weighted by Gasteiger charge is 2.33. The van der Waals surface area contributed by atoms with Gasteiger partial charge in [0.25, 0.3) is 0 Å². The molecule has 0 saturated heterocycles. The monoisotopic (exact) mass is 335 g/mol. The molecule has 1 saturated carbocycles. The highest BCUT2D eigenvalue weighted by atomic mass is 79.9. The number of nitrogens with zero attached hydrogens (tertiary/aromatic N) is 2. The van der Waals surface area contributed by atoms with Crippen molar-refractivity contribution < 1.29 is 0 Å². The Labute approximate surface area is 129 Å². The molecule has 0 radical (unpaired) electrons. The number of hydrogen-bond donors (Lipinski definition) is 1. The maximum Gasteiger partial charge on any atom is 0.196 e. The molecule has 2 aliphatic rings. The van der Waals surface area contributed by atoms with Gasteiger partial charge in [0.05, 0.1) is 12.6 Å². The number of anilines is 1. The first-order valence-corrected chi connectivity index (χ1v) is 8.40. The molecule has 2 N–H and O–H groups in total. The van der Waals surface area contributed by atoms with Crippen LogP contribution in [0, 0.1) is 5.92 Å². The Bertz CT molecular complexity index is 475. The first-order valence-electron chi connectivity index (χ1n) is 7.60. The Kier molecular flexibility index (Phi) is 4.29. The summed E-state index contributed by atoms with van der Waals surface area (Å²) < 4.78 is 1.10. The molecule has 1 atom stereocenters. The number of hydrogen-bond acceptors (Lipinski definition) is 3. The molecule has 0 spiro atoms. The Hall–Kier alpha value is -1.03. The topological polar surface area (TPSA) is 41.6 Å². The van der Waals surface area contributed by atoms with Gasteiger partial charge in [-0.25, -0.2) is 0 Å². The molecule has 1 aromatic rings. The lowest BCUT2D eigenvalue weighted by atomic mass is 9.91. The smallest absolute Gasteiger partial charge is 0.196 e. The van der Waals surface area contributed by atoms with Crippen molar-refractivity contribution in [3.8, 4) is 0 Å². The average molecular weight is 336 g/mol. The predicted molar refractivity (Wildman–Crippen MR) is 88.1 cm³/mol. The fraction of sp³-hybridized carbons (Fsp3) is 0.562. The van der Waals surface area contributed by atoms with Crippen LogP contribution in [-0.4, -0.2) is 18.5 Å². The van der Waals surface area contributed by atoms with Gasteiger partial charge >= 0.3 is 0 Å². The Morgan fingerprint density at radius 2 is 1.70 bits per heavy atom. The van der Waals surface area contributed by atoms with Gasteiger partial charge in [-0.2, -0.15) is 0 Å². The van der Waals surface area contributed by atoms with Gasteiger partial charge in [0.15, 0.2) is 5.96 Å². The number of guanidine groups is 1. The summed E-state index contributed by atoms with van der Waals surface area (Å²) in [4.78, 5) is 6.76. The molecule has 3 nitrogen and oxygen atoms in total. The molecule has 4 heteroatoms. The Balaban J connectivity index is 1.82. The molecule has 1 unspecified atom stereocenters. The zero-order valence-electron chi connectivity index (χ0n) is 11.8. The third kappa shape index (κ3) is 2.85. The average Bonchev–Trinajstić information content (AvgIpc) is 2.67. The number of rotatable bonds is 2. The van der Waals surface area contributed by atoms with Gasteiger partial charge < -0.3 is 10.6 Å². The van der Waals surface area contributed by atoms with E-state index in [0.717, 1.165) is 16.9 Å². The zero-order chi connectivity index (χ0) is 13.9. The lowest BCUT2D eigenvalue weighted by Gasteiger charge is -2.32. The van der Waals surface area contributed by atoms with Crippen molar-refractivity contribution in [3.63, 3.8) is 0 Å². The zero-order valence-corrected chi connectivity index (χ0v) is 13.3. The number of aliphatic imine (C=N–C) groups is 1. The van der Waals surface area contributed by atoms with Gasteiger partial charge in [0.2, 0.25) is 0 Å². The molecule has 1 heterocycles. The van der Waals surface area contributed by atoms with Gasteiger partial charge in [0, 0.05) is 10.2 Å². The van der Waals surface area contributed by atoms with Gasteiger partial charge in [-0.05, 0) is 43.0 Å². The lowest BCUT2D eigenvalue weighted by molar-refractivity contribution is 0.389. The van der Waals surface area contributed by atoms with E-state index in [9.17, 15) is 0 Å². The highest BCUT2D eigenvalue weighted by Crippen LogP contribution is 2.33. The number of halogens is 1. The highest BCUT2D eigenvalue weighted by molar-refractivity contribution is 9.10. The molecule has 1 aliphatic heterocycles. The molecule has 3 rings (SSSR count). The van der Waals surface area contributed by atoms with E-state index >= 15 is 0 Å². The van der Waals surface area contributed by atoms with Crippen molar-refractivity contribution in [1.29, 1.82) is 0 Å². The Morgan fingerprint density at radius 1 is 1.05 bits per heavy atom. The van der Waals surface area contributed by atoms with E-state index in [2.05, 4.69) is 50.1 Å². The minimum absolute atomic E-state index is 0.453. The quantitative estimate of drug-likeness (QED) is 0.832. The van der Waals surface area contributed by atoms with Crippen molar-refractivity contribution in [2.24, 2.45) is 16.6 Å². The van der Waals surface area contributed by atoms with Crippen molar-refractivity contribution in [1.82, 2.24) is 0 Å². The van der Waals surface area contributed by atoms with Crippen LogP contribution in [0.4, 0.5) is 5.69 Å². The Morgan fingerprint density at radius 3 is 2.35 bits per heavy atom. The SMILES string of the molecule is NC1=NCC(C2CCCCCC2)N1c1ccc(Br)cc1. The fourth-order valence-electron chi connectivity index (χ4n) is 3.50. The third-order valence-corrected chi connectivity index (χ3v) is 5.10. The van der Waals surface area contributed by atoms with Gasteiger partial charge in [0.1, 0.15) is 0 Å². The normalized spacial score (nSPS) is 24.6. The largest absolute Gasteiger partial charge is 0.370 e. The summed E-state index contributed by atoms with van der Waals surface area (Å²) in [6, 6.07) is 8.85. The molecule has 0 amide bonds. The first-order chi connectivity index (χ1) is 9.75. The van der Waals surface area contributed by atoms with E-state index in [1.54, 1.807) is 0 Å². The number of benzene rings is 1. The predicted octanol–water partition coefficient (Wildman–Crippen LogP) is 3.92. The second kappa shape index (κ2) is 6.17. The van der Waals surface area contributed by atoms with Crippen LogP contribution in [0.5, 0.6) is 0 Å². The van der Waals surface area contributed by atoms with Crippen molar-refractivity contribution in [2.45, 2.75) is 44.6 Å². The summed E-state index contributed by atoms with van der Waals surface area (Å²) in [5, 5.41) is 0. The molecule has 20 heavy (non-hydrogen) atoms. The van der Waals surface area contributed by atoms with Gasteiger partial charge in [-0.3, -0.25) is 4.99 Å². The first kappa shape index (κ1) is 13.9. The third-order valence-electron chi connectivity index (χ3n) is 4.57. The molecular weight excluding hydrogens is 314 g/mol. The molecule has 1 aromatic carbocycles. The molecule has 108 valence electrons. The molecule has 1 aliphatic carbocycles. The van der Waals surface area contributed by atoms with Gasteiger partial charge in [-0.1, -0.05) is 41.6 Å². The maximum atomic E-state index is 6.15. The van der Waals surface area contributed by atoms with Crippen molar-refractivity contribution in [3.05, 3.63) is 28.7 Å². The van der Waals surface area contributed by atoms with E-state index in [0.29, 0.717) is 12.0 Å². The van der Waals surface area contributed by atoms with E-state index < -0.39 is 0 Å². The summed E-state index contributed by atoms with van der Waals surface area (Å²) in [6.45, 7) is 0.854. The van der Waals surface area contributed by atoms with Gasteiger partial charge in [-0.15, -0.1) is 0 Å². The van der Waals surface area contributed by atoms with Crippen LogP contribution in [0.25, 0.3) is 0 Å². The van der Waals surface area contributed by atoms with E-state index in [1.807, 2.05) is 0 Å². The molecule has 0 aromatic heterocycles. The van der Waals surface area contributed by atoms with Crippen LogP contribution in [0.15, 0.2) is 33.7 Å². The minimum atomic E-state index is 0.453. The summed E-state index contributed by atoms with van der Waals surface area (Å²) >= 11 is 3.49. The summed E-state index contributed by atoms with van der Waals surface area (Å²) in [5.41, 5.74) is 7.32. The van der Waals surface area contributed by atoms with E-state index in [4.69, 9.17) is 5.73 Å². The minimum Gasteiger partial charge on any atom is -0.370 e. The van der Waals surface area contributed by atoms with Crippen molar-refractivity contribution in [2.75, 3.05) is 11.4 Å².